The highest BCUT2D eigenvalue weighted by atomic mass is 16.4. The van der Waals surface area contributed by atoms with Crippen molar-refractivity contribution >= 4 is 12.0 Å². The third-order valence-electron chi connectivity index (χ3n) is 2.85. The van der Waals surface area contributed by atoms with E-state index < -0.39 is 5.97 Å². The summed E-state index contributed by atoms with van der Waals surface area (Å²) in [6.07, 6.45) is 2.94. The first-order chi connectivity index (χ1) is 7.59. The lowest BCUT2D eigenvalue weighted by atomic mass is 10.1. The smallest absolute Gasteiger partial charge is 0.317 e. The van der Waals surface area contributed by atoms with Crippen LogP contribution in [0, 0.1) is 5.92 Å². The summed E-state index contributed by atoms with van der Waals surface area (Å²) in [5, 5.41) is 11.4. The predicted octanol–water partition coefficient (Wildman–Crippen LogP) is 1.29. The zero-order chi connectivity index (χ0) is 12.0. The van der Waals surface area contributed by atoms with E-state index in [-0.39, 0.29) is 18.4 Å². The van der Waals surface area contributed by atoms with Gasteiger partial charge in [-0.2, -0.15) is 0 Å². The van der Waals surface area contributed by atoms with Crippen LogP contribution in [0.25, 0.3) is 0 Å². The largest absolute Gasteiger partial charge is 0.481 e. The fourth-order valence-corrected chi connectivity index (χ4v) is 1.77. The molecule has 0 aromatic rings. The SMILES string of the molecule is CC(CCC(=O)O)CNC(=O)N1CCCC1. The molecule has 16 heavy (non-hydrogen) atoms. The molecule has 0 aromatic heterocycles. The molecule has 1 heterocycles. The van der Waals surface area contributed by atoms with Crippen LogP contribution >= 0.6 is 0 Å². The molecule has 5 heteroatoms. The molecule has 1 fully saturated rings. The van der Waals surface area contributed by atoms with Gasteiger partial charge in [0, 0.05) is 26.1 Å². The molecule has 0 aromatic carbocycles. The highest BCUT2D eigenvalue weighted by molar-refractivity contribution is 5.74. The van der Waals surface area contributed by atoms with Crippen LogP contribution in [0.4, 0.5) is 4.79 Å². The highest BCUT2D eigenvalue weighted by Gasteiger charge is 2.17. The topological polar surface area (TPSA) is 69.6 Å². The van der Waals surface area contributed by atoms with Gasteiger partial charge in [-0.3, -0.25) is 4.79 Å². The first-order valence-corrected chi connectivity index (χ1v) is 5.84. The maximum absolute atomic E-state index is 11.6. The van der Waals surface area contributed by atoms with Gasteiger partial charge in [-0.1, -0.05) is 6.92 Å². The average Bonchev–Trinajstić information content (AvgIpc) is 2.76. The van der Waals surface area contributed by atoms with Crippen LogP contribution < -0.4 is 5.32 Å². The van der Waals surface area contributed by atoms with Gasteiger partial charge in [0.05, 0.1) is 0 Å². The van der Waals surface area contributed by atoms with E-state index in [0.717, 1.165) is 25.9 Å². The Labute approximate surface area is 95.8 Å². The predicted molar refractivity (Wildman–Crippen MR) is 60.2 cm³/mol. The molecule has 1 rings (SSSR count). The Bertz CT molecular complexity index is 250. The summed E-state index contributed by atoms with van der Waals surface area (Å²) in [5.41, 5.74) is 0. The van der Waals surface area contributed by atoms with Gasteiger partial charge in [-0.15, -0.1) is 0 Å². The Morgan fingerprint density at radius 1 is 1.38 bits per heavy atom. The summed E-state index contributed by atoms with van der Waals surface area (Å²) in [6, 6.07) is -0.0142. The van der Waals surface area contributed by atoms with E-state index in [1.165, 1.54) is 0 Å². The maximum Gasteiger partial charge on any atom is 0.317 e. The third kappa shape index (κ3) is 4.51. The number of rotatable bonds is 5. The van der Waals surface area contributed by atoms with E-state index in [2.05, 4.69) is 5.32 Å². The summed E-state index contributed by atoms with van der Waals surface area (Å²) >= 11 is 0. The summed E-state index contributed by atoms with van der Waals surface area (Å²) < 4.78 is 0. The van der Waals surface area contributed by atoms with Crippen LogP contribution in [0.3, 0.4) is 0 Å². The Balaban J connectivity index is 2.12. The van der Waals surface area contributed by atoms with Crippen LogP contribution in [0.1, 0.15) is 32.6 Å². The molecular weight excluding hydrogens is 208 g/mol. The van der Waals surface area contributed by atoms with E-state index >= 15 is 0 Å². The molecular formula is C11H20N2O3. The molecule has 0 spiro atoms. The summed E-state index contributed by atoms with van der Waals surface area (Å²) in [7, 11) is 0. The normalized spacial score (nSPS) is 17.2. The second kappa shape index (κ2) is 6.35. The van der Waals surface area contributed by atoms with Crippen molar-refractivity contribution in [1.82, 2.24) is 10.2 Å². The quantitative estimate of drug-likeness (QED) is 0.745. The first-order valence-electron chi connectivity index (χ1n) is 5.84. The number of aliphatic carboxylic acids is 1. The standard InChI is InChI=1S/C11H20N2O3/c1-9(4-5-10(14)15)8-12-11(16)13-6-2-3-7-13/h9H,2-8H2,1H3,(H,12,16)(H,14,15). The average molecular weight is 228 g/mol. The van der Waals surface area contributed by atoms with Crippen LogP contribution in [-0.2, 0) is 4.79 Å². The van der Waals surface area contributed by atoms with Crippen LogP contribution in [0.5, 0.6) is 0 Å². The lowest BCUT2D eigenvalue weighted by Gasteiger charge is -2.18. The van der Waals surface area contributed by atoms with Crippen molar-refractivity contribution in [1.29, 1.82) is 0 Å². The molecule has 1 atom stereocenters. The second-order valence-corrected chi connectivity index (χ2v) is 4.42. The Morgan fingerprint density at radius 2 is 2.00 bits per heavy atom. The number of likely N-dealkylation sites (tertiary alicyclic amines) is 1. The van der Waals surface area contributed by atoms with E-state index in [9.17, 15) is 9.59 Å². The van der Waals surface area contributed by atoms with Gasteiger partial charge in [-0.05, 0) is 25.2 Å². The van der Waals surface area contributed by atoms with E-state index in [4.69, 9.17) is 5.11 Å². The number of nitrogens with one attached hydrogen (secondary N) is 1. The number of amides is 2. The first kappa shape index (κ1) is 12.8. The molecule has 92 valence electrons. The summed E-state index contributed by atoms with van der Waals surface area (Å²) in [4.78, 5) is 23.8. The zero-order valence-corrected chi connectivity index (χ0v) is 9.74. The third-order valence-corrected chi connectivity index (χ3v) is 2.85. The van der Waals surface area contributed by atoms with Crippen molar-refractivity contribution < 1.29 is 14.7 Å². The number of hydrogen-bond acceptors (Lipinski definition) is 2. The van der Waals surface area contributed by atoms with Gasteiger partial charge in [0.1, 0.15) is 0 Å². The Morgan fingerprint density at radius 3 is 2.56 bits per heavy atom. The lowest BCUT2D eigenvalue weighted by Crippen LogP contribution is -2.39. The second-order valence-electron chi connectivity index (χ2n) is 4.42. The number of hydrogen-bond donors (Lipinski definition) is 2. The molecule has 2 amide bonds. The number of carbonyl (C=O) groups excluding carboxylic acids is 1. The zero-order valence-electron chi connectivity index (χ0n) is 9.74. The van der Waals surface area contributed by atoms with E-state index in [1.54, 1.807) is 0 Å². The van der Waals surface area contributed by atoms with Gasteiger partial charge in [0.2, 0.25) is 0 Å². The Hall–Kier alpha value is -1.26. The molecule has 5 nitrogen and oxygen atoms in total. The molecule has 1 unspecified atom stereocenters. The minimum atomic E-state index is -0.780. The van der Waals surface area contributed by atoms with Gasteiger partial charge in [0.15, 0.2) is 0 Å². The van der Waals surface area contributed by atoms with Crippen molar-refractivity contribution in [2.45, 2.75) is 32.6 Å². The van der Waals surface area contributed by atoms with Crippen LogP contribution in [-0.4, -0.2) is 41.6 Å². The minimum Gasteiger partial charge on any atom is -0.481 e. The summed E-state index contributed by atoms with van der Waals surface area (Å²) in [6.45, 7) is 4.19. The van der Waals surface area contributed by atoms with Gasteiger partial charge in [0.25, 0.3) is 0 Å². The van der Waals surface area contributed by atoms with Crippen molar-refractivity contribution in [3.05, 3.63) is 0 Å². The molecule has 0 aliphatic carbocycles. The molecule has 1 saturated heterocycles. The molecule has 0 bridgehead atoms. The lowest BCUT2D eigenvalue weighted by molar-refractivity contribution is -0.137. The summed E-state index contributed by atoms with van der Waals surface area (Å²) in [5.74, 6) is -0.569. The fourth-order valence-electron chi connectivity index (χ4n) is 1.77. The Kier molecular flexibility index (Phi) is 5.08. The van der Waals surface area contributed by atoms with Crippen molar-refractivity contribution in [2.75, 3.05) is 19.6 Å². The number of carboxylic acids is 1. The van der Waals surface area contributed by atoms with Crippen molar-refractivity contribution in [2.24, 2.45) is 5.92 Å². The van der Waals surface area contributed by atoms with Crippen LogP contribution in [0.15, 0.2) is 0 Å². The maximum atomic E-state index is 11.6. The van der Waals surface area contributed by atoms with Gasteiger partial charge in [-0.25, -0.2) is 4.79 Å². The van der Waals surface area contributed by atoms with E-state index in [0.29, 0.717) is 13.0 Å². The molecule has 0 saturated carbocycles. The minimum absolute atomic E-state index is 0.0142. The molecule has 2 N–H and O–H groups in total. The number of carbonyl (C=O) groups is 2. The highest BCUT2D eigenvalue weighted by Crippen LogP contribution is 2.08. The molecule has 0 radical (unpaired) electrons. The van der Waals surface area contributed by atoms with Crippen LogP contribution in [0.2, 0.25) is 0 Å². The molecule has 1 aliphatic heterocycles. The van der Waals surface area contributed by atoms with Gasteiger partial charge >= 0.3 is 12.0 Å². The number of nitrogens with zero attached hydrogens (tertiary/aromatic N) is 1. The number of carboxylic acid groups (broad SMARTS) is 1. The molecule has 1 aliphatic rings. The van der Waals surface area contributed by atoms with Crippen molar-refractivity contribution in [3.8, 4) is 0 Å². The van der Waals surface area contributed by atoms with E-state index in [1.807, 2.05) is 11.8 Å². The van der Waals surface area contributed by atoms with Crippen molar-refractivity contribution in [3.63, 3.8) is 0 Å². The monoisotopic (exact) mass is 228 g/mol. The van der Waals surface area contributed by atoms with Gasteiger partial charge < -0.3 is 15.3 Å². The number of urea groups is 1. The fraction of sp³-hybridized carbons (Fsp3) is 0.818.